The van der Waals surface area contributed by atoms with Crippen molar-refractivity contribution in [1.29, 1.82) is 0 Å². The van der Waals surface area contributed by atoms with Crippen LogP contribution in [-0.2, 0) is 15.9 Å². The second-order valence-electron chi connectivity index (χ2n) is 12.6. The highest BCUT2D eigenvalue weighted by atomic mass is 16.6. The average Bonchev–Trinajstić information content (AvgIpc) is 3.60. The smallest absolute Gasteiger partial charge is 0.292 e. The van der Waals surface area contributed by atoms with Crippen LogP contribution in [0.1, 0.15) is 23.6 Å². The Bertz CT molecular complexity index is 2090. The van der Waals surface area contributed by atoms with Crippen LogP contribution < -0.4 is 27.0 Å². The van der Waals surface area contributed by atoms with Crippen LogP contribution in [0.5, 0.6) is 0 Å². The van der Waals surface area contributed by atoms with Gasteiger partial charge < -0.3 is 36.5 Å². The molecule has 0 aromatic heterocycles. The number of nitrogen functional groups attached to an aromatic ring is 3. The van der Waals surface area contributed by atoms with Gasteiger partial charge >= 0.3 is 0 Å². The first kappa shape index (κ1) is 38.6. The third-order valence-corrected chi connectivity index (χ3v) is 8.92. The molecule has 3 aliphatic heterocycles. The Morgan fingerprint density at radius 2 is 1.19 bits per heavy atom. The van der Waals surface area contributed by atoms with Gasteiger partial charge in [0.05, 0.1) is 52.6 Å². The Balaban J connectivity index is 0.000000167. The van der Waals surface area contributed by atoms with Crippen LogP contribution in [-0.4, -0.2) is 73.1 Å². The van der Waals surface area contributed by atoms with Gasteiger partial charge in [-0.1, -0.05) is 24.3 Å². The minimum absolute atomic E-state index is 0.0444. The predicted octanol–water partition coefficient (Wildman–Crippen LogP) is 5.91. The van der Waals surface area contributed by atoms with Crippen LogP contribution in [0.15, 0.2) is 84.4 Å². The van der Waals surface area contributed by atoms with Gasteiger partial charge in [-0.2, -0.15) is 0 Å². The molecule has 3 aliphatic rings. The standard InChI is InChI=1S/C18H18N4O3.C10H13N3O3.C9H10N2O2/c19-15-3-1-12(11-18(15)22(23)24)17-10-13-9-14(2-4-16(13)20-17)21-5-7-25-8-6-21;11-9-7-8(1-2-10(9)13(14)15)12-3-5-16-6-4-12;1-6(2)7-3-4-8(10)9(5-7)11(12)13/h1-4,9,11H,5-8,10,19H2;1-2,7H,3-6,11H2;3-5H,1,10H2,2H3. The van der Waals surface area contributed by atoms with E-state index in [0.29, 0.717) is 19.6 Å². The summed E-state index contributed by atoms with van der Waals surface area (Å²) in [7, 11) is 0. The van der Waals surface area contributed by atoms with Crippen molar-refractivity contribution in [2.75, 3.05) is 79.6 Å². The number of nitro groups is 3. The molecular formula is C37H41N9O8. The number of benzene rings is 4. The van der Waals surface area contributed by atoms with Gasteiger partial charge in [0.1, 0.15) is 17.1 Å². The molecule has 7 rings (SSSR count). The molecule has 0 atom stereocenters. The second-order valence-corrected chi connectivity index (χ2v) is 12.6. The molecule has 0 unspecified atom stereocenters. The molecule has 17 heteroatoms. The summed E-state index contributed by atoms with van der Waals surface area (Å²) in [6.07, 6.45) is 0.661. The zero-order valence-electron chi connectivity index (χ0n) is 29.7. The fraction of sp³-hybridized carbons (Fsp3) is 0.270. The average molecular weight is 740 g/mol. The lowest BCUT2D eigenvalue weighted by molar-refractivity contribution is -0.384. The van der Waals surface area contributed by atoms with Gasteiger partial charge in [0, 0.05) is 67.7 Å². The highest BCUT2D eigenvalue weighted by molar-refractivity contribution is 6.07. The first-order valence-corrected chi connectivity index (χ1v) is 17.0. The molecule has 0 saturated carbocycles. The molecule has 0 bridgehead atoms. The Kier molecular flexibility index (Phi) is 12.4. The number of nitrogens with two attached hydrogens (primary N) is 3. The minimum atomic E-state index is -0.498. The highest BCUT2D eigenvalue weighted by Gasteiger charge is 2.22. The lowest BCUT2D eigenvalue weighted by Crippen LogP contribution is -2.36. The van der Waals surface area contributed by atoms with Crippen molar-refractivity contribution in [3.8, 4) is 0 Å². The van der Waals surface area contributed by atoms with E-state index < -0.39 is 14.8 Å². The summed E-state index contributed by atoms with van der Waals surface area (Å²) in [6, 6.07) is 20.6. The monoisotopic (exact) mass is 739 g/mol. The Labute approximate surface area is 310 Å². The fourth-order valence-electron chi connectivity index (χ4n) is 5.95. The fourth-order valence-corrected chi connectivity index (χ4v) is 5.95. The van der Waals surface area contributed by atoms with Gasteiger partial charge in [0.15, 0.2) is 0 Å². The van der Waals surface area contributed by atoms with Gasteiger partial charge in [-0.05, 0) is 60.5 Å². The maximum Gasteiger partial charge on any atom is 0.292 e. The van der Waals surface area contributed by atoms with E-state index in [1.807, 2.05) is 6.07 Å². The molecule has 3 heterocycles. The van der Waals surface area contributed by atoms with Gasteiger partial charge in [0.2, 0.25) is 0 Å². The van der Waals surface area contributed by atoms with E-state index in [1.165, 1.54) is 30.0 Å². The number of nitrogens with zero attached hydrogens (tertiary/aromatic N) is 6. The van der Waals surface area contributed by atoms with E-state index >= 15 is 0 Å². The summed E-state index contributed by atoms with van der Waals surface area (Å²) < 4.78 is 10.6. The largest absolute Gasteiger partial charge is 0.393 e. The molecule has 6 N–H and O–H groups in total. The van der Waals surface area contributed by atoms with Crippen LogP contribution in [0.4, 0.5) is 51.2 Å². The molecule has 17 nitrogen and oxygen atoms in total. The number of rotatable bonds is 7. The van der Waals surface area contributed by atoms with Crippen molar-refractivity contribution in [3.05, 3.63) is 126 Å². The first-order valence-electron chi connectivity index (χ1n) is 17.0. The molecule has 4 aromatic carbocycles. The molecule has 0 spiro atoms. The SMILES string of the molecule is C=C(C)c1ccc(N)c([N+](=O)[O-])c1.Nc1cc(N2CCOCC2)ccc1[N+](=O)[O-].Nc1ccc(C2=Nc3ccc(N4CCOCC4)cc3C2)cc1[N+](=O)[O-]. The molecule has 2 saturated heterocycles. The Hall–Kier alpha value is -6.59. The number of ether oxygens (including phenoxy) is 2. The molecule has 0 amide bonds. The zero-order valence-corrected chi connectivity index (χ0v) is 29.7. The van der Waals surface area contributed by atoms with E-state index in [2.05, 4.69) is 33.5 Å². The topological polar surface area (TPSA) is 245 Å². The van der Waals surface area contributed by atoms with E-state index in [4.69, 9.17) is 26.7 Å². The lowest BCUT2D eigenvalue weighted by atomic mass is 10.0. The summed E-state index contributed by atoms with van der Waals surface area (Å²) in [5, 5.41) is 32.2. The molecule has 282 valence electrons. The van der Waals surface area contributed by atoms with Crippen molar-refractivity contribution < 1.29 is 24.2 Å². The van der Waals surface area contributed by atoms with E-state index in [-0.39, 0.29) is 34.1 Å². The van der Waals surface area contributed by atoms with Crippen molar-refractivity contribution in [1.82, 2.24) is 0 Å². The number of anilines is 5. The minimum Gasteiger partial charge on any atom is -0.393 e. The molecule has 2 fully saturated rings. The van der Waals surface area contributed by atoms with Crippen LogP contribution in [0, 0.1) is 30.3 Å². The van der Waals surface area contributed by atoms with Crippen molar-refractivity contribution >= 4 is 62.5 Å². The second kappa shape index (κ2) is 17.3. The summed E-state index contributed by atoms with van der Waals surface area (Å²) in [6.45, 7) is 11.7. The quantitative estimate of drug-likeness (QED) is 0.113. The lowest BCUT2D eigenvalue weighted by Gasteiger charge is -2.29. The maximum atomic E-state index is 11.1. The van der Waals surface area contributed by atoms with Crippen molar-refractivity contribution in [2.24, 2.45) is 4.99 Å². The normalized spacial score (nSPS) is 14.7. The molecule has 4 aromatic rings. The first-order chi connectivity index (χ1) is 25.8. The number of fused-ring (bicyclic) bond motifs is 1. The van der Waals surface area contributed by atoms with Gasteiger partial charge in [0.25, 0.3) is 17.1 Å². The maximum absolute atomic E-state index is 11.1. The number of hydrogen-bond donors (Lipinski definition) is 3. The van der Waals surface area contributed by atoms with E-state index in [1.54, 1.807) is 37.3 Å². The third-order valence-electron chi connectivity index (χ3n) is 8.92. The Morgan fingerprint density at radius 3 is 1.72 bits per heavy atom. The van der Waals surface area contributed by atoms with Crippen LogP contribution in [0.25, 0.3) is 5.57 Å². The molecule has 0 radical (unpaired) electrons. The van der Waals surface area contributed by atoms with Crippen LogP contribution in [0.2, 0.25) is 0 Å². The summed E-state index contributed by atoms with van der Waals surface area (Å²) in [5.41, 5.74) is 24.3. The molecule has 54 heavy (non-hydrogen) atoms. The number of allylic oxidation sites excluding steroid dienone is 1. The van der Waals surface area contributed by atoms with Gasteiger partial charge in [-0.15, -0.1) is 0 Å². The number of morpholine rings is 2. The van der Waals surface area contributed by atoms with E-state index in [9.17, 15) is 30.3 Å². The number of hydrogen-bond acceptors (Lipinski definition) is 14. The van der Waals surface area contributed by atoms with Gasteiger partial charge in [-0.3, -0.25) is 35.3 Å². The van der Waals surface area contributed by atoms with Crippen LogP contribution >= 0.6 is 0 Å². The highest BCUT2D eigenvalue weighted by Crippen LogP contribution is 2.34. The van der Waals surface area contributed by atoms with Gasteiger partial charge in [-0.25, -0.2) is 0 Å². The molecule has 0 aliphatic carbocycles. The van der Waals surface area contributed by atoms with E-state index in [0.717, 1.165) is 78.7 Å². The van der Waals surface area contributed by atoms with Crippen molar-refractivity contribution in [3.63, 3.8) is 0 Å². The number of nitro benzene ring substituents is 3. The third kappa shape index (κ3) is 9.44. The summed E-state index contributed by atoms with van der Waals surface area (Å²) >= 11 is 0. The number of aliphatic imine (C=N–C) groups is 1. The predicted molar refractivity (Wildman–Crippen MR) is 210 cm³/mol. The summed E-state index contributed by atoms with van der Waals surface area (Å²) in [5.74, 6) is 0. The van der Waals surface area contributed by atoms with Crippen molar-refractivity contribution in [2.45, 2.75) is 13.3 Å². The summed E-state index contributed by atoms with van der Waals surface area (Å²) in [4.78, 5) is 39.8. The Morgan fingerprint density at radius 1 is 0.667 bits per heavy atom. The zero-order chi connectivity index (χ0) is 38.9. The van der Waals surface area contributed by atoms with Crippen LogP contribution in [0.3, 0.4) is 0 Å². The molecular weight excluding hydrogens is 698 g/mol.